The largest absolute Gasteiger partial charge is 0.481 e. The van der Waals surface area contributed by atoms with Gasteiger partial charge in [-0.05, 0) is 37.5 Å². The minimum absolute atomic E-state index is 0.0631. The maximum Gasteiger partial charge on any atom is 0.308 e. The van der Waals surface area contributed by atoms with Crippen LogP contribution in [0.4, 0.5) is 0 Å². The molecular weight excluding hydrogens is 228 g/mol. The average molecular weight is 244 g/mol. The van der Waals surface area contributed by atoms with Gasteiger partial charge in [-0.25, -0.2) is 0 Å². The van der Waals surface area contributed by atoms with Crippen LogP contribution in [0.3, 0.4) is 0 Å². The molecule has 2 N–H and O–H groups in total. The highest BCUT2D eigenvalue weighted by atomic mass is 16.4. The first-order valence-electron chi connectivity index (χ1n) is 6.10. The highest BCUT2D eigenvalue weighted by Gasteiger charge is 2.37. The Morgan fingerprint density at radius 3 is 2.56 bits per heavy atom. The van der Waals surface area contributed by atoms with Gasteiger partial charge in [-0.3, -0.25) is 4.79 Å². The zero-order valence-electron chi connectivity index (χ0n) is 10.3. The molecule has 1 aromatic carbocycles. The molecule has 1 aromatic rings. The molecule has 94 valence electrons. The van der Waals surface area contributed by atoms with Gasteiger partial charge in [0.15, 0.2) is 0 Å². The molecule has 0 aliphatic heterocycles. The number of hydrogen-bond acceptors (Lipinski definition) is 3. The van der Waals surface area contributed by atoms with Gasteiger partial charge in [-0.1, -0.05) is 12.1 Å². The Balaban J connectivity index is 1.97. The quantitative estimate of drug-likeness (QED) is 0.850. The summed E-state index contributed by atoms with van der Waals surface area (Å²) in [6, 6.07) is 9.62. The molecule has 0 amide bonds. The minimum Gasteiger partial charge on any atom is -0.481 e. The molecule has 0 bridgehead atoms. The van der Waals surface area contributed by atoms with Gasteiger partial charge in [0.05, 0.1) is 17.6 Å². The van der Waals surface area contributed by atoms with Crippen molar-refractivity contribution < 1.29 is 9.90 Å². The van der Waals surface area contributed by atoms with Gasteiger partial charge in [0.1, 0.15) is 0 Å². The second kappa shape index (κ2) is 5.19. The zero-order chi connectivity index (χ0) is 13.1. The van der Waals surface area contributed by atoms with Crippen LogP contribution in [0.15, 0.2) is 24.3 Å². The van der Waals surface area contributed by atoms with Crippen molar-refractivity contribution in [2.75, 3.05) is 0 Å². The molecule has 1 fully saturated rings. The Kier molecular flexibility index (Phi) is 3.63. The van der Waals surface area contributed by atoms with Crippen LogP contribution in [0.2, 0.25) is 0 Å². The number of hydrogen-bond donors (Lipinski definition) is 2. The van der Waals surface area contributed by atoms with Crippen molar-refractivity contribution in [1.29, 1.82) is 5.26 Å². The number of benzene rings is 1. The van der Waals surface area contributed by atoms with Gasteiger partial charge in [-0.15, -0.1) is 0 Å². The zero-order valence-corrected chi connectivity index (χ0v) is 10.3. The normalized spacial score (nSPS) is 23.8. The summed E-state index contributed by atoms with van der Waals surface area (Å²) in [5.41, 5.74) is 1.71. The number of carboxylic acids is 1. The first-order chi connectivity index (χ1) is 8.61. The van der Waals surface area contributed by atoms with Gasteiger partial charge in [0.2, 0.25) is 0 Å². The highest BCUT2D eigenvalue weighted by Crippen LogP contribution is 2.29. The van der Waals surface area contributed by atoms with Crippen LogP contribution >= 0.6 is 0 Å². The van der Waals surface area contributed by atoms with Crippen molar-refractivity contribution >= 4 is 5.97 Å². The number of aliphatic carboxylic acids is 1. The maximum absolute atomic E-state index is 10.9. The Morgan fingerprint density at radius 2 is 2.11 bits per heavy atom. The molecule has 1 aliphatic carbocycles. The fourth-order valence-corrected chi connectivity index (χ4v) is 2.26. The summed E-state index contributed by atoms with van der Waals surface area (Å²) in [6.45, 7) is 2.01. The van der Waals surface area contributed by atoms with E-state index in [4.69, 9.17) is 10.4 Å². The number of carboxylic acid groups (broad SMARTS) is 1. The van der Waals surface area contributed by atoms with Gasteiger partial charge in [0.25, 0.3) is 0 Å². The van der Waals surface area contributed by atoms with Crippen LogP contribution in [-0.2, 0) is 4.79 Å². The Bertz CT molecular complexity index is 476. The maximum atomic E-state index is 10.9. The predicted octanol–water partition coefficient (Wildman–Crippen LogP) is 2.07. The topological polar surface area (TPSA) is 73.1 Å². The van der Waals surface area contributed by atoms with Crippen LogP contribution in [0.1, 0.15) is 36.9 Å². The molecule has 0 radical (unpaired) electrons. The summed E-state index contributed by atoms with van der Waals surface area (Å²) < 4.78 is 0. The van der Waals surface area contributed by atoms with Crippen molar-refractivity contribution in [2.24, 2.45) is 5.92 Å². The molecule has 0 aromatic heterocycles. The monoisotopic (exact) mass is 244 g/mol. The number of rotatable bonds is 4. The Hall–Kier alpha value is -1.86. The lowest BCUT2D eigenvalue weighted by molar-refractivity contribution is -0.146. The molecule has 4 nitrogen and oxygen atoms in total. The fourth-order valence-electron chi connectivity index (χ4n) is 2.26. The molecule has 0 heterocycles. The average Bonchev–Trinajstić information content (AvgIpc) is 2.33. The van der Waals surface area contributed by atoms with Crippen molar-refractivity contribution in [3.8, 4) is 6.07 Å². The summed E-state index contributed by atoms with van der Waals surface area (Å²) in [5, 5.41) is 21.0. The van der Waals surface area contributed by atoms with Crippen LogP contribution in [-0.4, -0.2) is 17.1 Å². The summed E-state index contributed by atoms with van der Waals surface area (Å²) in [6.07, 6.45) is 1.67. The first-order valence-corrected chi connectivity index (χ1v) is 6.10. The minimum atomic E-state index is -0.717. The Labute approximate surface area is 106 Å². The lowest BCUT2D eigenvalue weighted by Crippen LogP contribution is -2.48. The second-order valence-corrected chi connectivity index (χ2v) is 4.75. The SMILES string of the molecule is CC(NC1CCC1C(=O)O)c1ccc(C#N)cc1. The third-order valence-electron chi connectivity index (χ3n) is 3.60. The molecule has 18 heavy (non-hydrogen) atoms. The Morgan fingerprint density at radius 1 is 1.44 bits per heavy atom. The third-order valence-corrected chi connectivity index (χ3v) is 3.60. The molecule has 2 rings (SSSR count). The number of carbonyl (C=O) groups is 1. The van der Waals surface area contributed by atoms with Crippen molar-refractivity contribution in [2.45, 2.75) is 31.8 Å². The van der Waals surface area contributed by atoms with E-state index in [2.05, 4.69) is 11.4 Å². The van der Waals surface area contributed by atoms with Crippen LogP contribution < -0.4 is 5.32 Å². The lowest BCUT2D eigenvalue weighted by atomic mass is 9.79. The number of nitrogens with one attached hydrogen (secondary N) is 1. The third kappa shape index (κ3) is 2.52. The summed E-state index contributed by atoms with van der Waals surface area (Å²) in [4.78, 5) is 10.9. The second-order valence-electron chi connectivity index (χ2n) is 4.75. The summed E-state index contributed by atoms with van der Waals surface area (Å²) in [7, 11) is 0. The number of nitrogens with zero attached hydrogens (tertiary/aromatic N) is 1. The molecule has 0 spiro atoms. The summed E-state index contributed by atoms with van der Waals surface area (Å²) >= 11 is 0. The number of nitriles is 1. The van der Waals surface area contributed by atoms with E-state index in [-0.39, 0.29) is 18.0 Å². The lowest BCUT2D eigenvalue weighted by Gasteiger charge is -2.36. The van der Waals surface area contributed by atoms with Crippen LogP contribution in [0, 0.1) is 17.2 Å². The molecular formula is C14H16N2O2. The van der Waals surface area contributed by atoms with E-state index in [9.17, 15) is 4.79 Å². The van der Waals surface area contributed by atoms with E-state index in [1.165, 1.54) is 0 Å². The van der Waals surface area contributed by atoms with E-state index in [1.54, 1.807) is 12.1 Å². The molecule has 0 saturated heterocycles. The van der Waals surface area contributed by atoms with Gasteiger partial charge in [-0.2, -0.15) is 5.26 Å². The van der Waals surface area contributed by atoms with Crippen LogP contribution in [0.5, 0.6) is 0 Å². The smallest absolute Gasteiger partial charge is 0.308 e. The van der Waals surface area contributed by atoms with Crippen LogP contribution in [0.25, 0.3) is 0 Å². The molecule has 3 atom stereocenters. The molecule has 3 unspecified atom stereocenters. The standard InChI is InChI=1S/C14H16N2O2/c1-9(11-4-2-10(8-15)3-5-11)16-13-7-6-12(13)14(17)18/h2-5,9,12-13,16H,6-7H2,1H3,(H,17,18). The van der Waals surface area contributed by atoms with E-state index in [0.717, 1.165) is 18.4 Å². The van der Waals surface area contributed by atoms with Gasteiger partial charge in [0, 0.05) is 12.1 Å². The van der Waals surface area contributed by atoms with Crippen molar-refractivity contribution in [3.63, 3.8) is 0 Å². The molecule has 4 heteroatoms. The summed E-state index contributed by atoms with van der Waals surface area (Å²) in [5.74, 6) is -0.975. The van der Waals surface area contributed by atoms with Gasteiger partial charge >= 0.3 is 5.97 Å². The van der Waals surface area contributed by atoms with E-state index in [1.807, 2.05) is 19.1 Å². The first kappa shape index (κ1) is 12.6. The van der Waals surface area contributed by atoms with Crippen molar-refractivity contribution in [3.05, 3.63) is 35.4 Å². The van der Waals surface area contributed by atoms with Crippen molar-refractivity contribution in [1.82, 2.24) is 5.32 Å². The van der Waals surface area contributed by atoms with Gasteiger partial charge < -0.3 is 10.4 Å². The van der Waals surface area contributed by atoms with E-state index < -0.39 is 5.97 Å². The fraction of sp³-hybridized carbons (Fsp3) is 0.429. The predicted molar refractivity (Wildman–Crippen MR) is 66.9 cm³/mol. The molecule has 1 aliphatic rings. The molecule has 1 saturated carbocycles. The van der Waals surface area contributed by atoms with E-state index >= 15 is 0 Å². The van der Waals surface area contributed by atoms with E-state index in [0.29, 0.717) is 5.56 Å². The highest BCUT2D eigenvalue weighted by molar-refractivity contribution is 5.72.